The maximum absolute atomic E-state index is 11.9. The van der Waals surface area contributed by atoms with Gasteiger partial charge in [-0.05, 0) is 30.5 Å². The van der Waals surface area contributed by atoms with Crippen molar-refractivity contribution >= 4 is 12.0 Å². The second-order valence-corrected chi connectivity index (χ2v) is 6.03. The van der Waals surface area contributed by atoms with Crippen molar-refractivity contribution in [1.29, 1.82) is 0 Å². The summed E-state index contributed by atoms with van der Waals surface area (Å²) in [6, 6.07) is 3.98. The lowest BCUT2D eigenvalue weighted by Gasteiger charge is -2.35. The molecule has 0 bridgehead atoms. The van der Waals surface area contributed by atoms with Gasteiger partial charge < -0.3 is 14.5 Å². The van der Waals surface area contributed by atoms with Crippen molar-refractivity contribution in [3.8, 4) is 0 Å². The summed E-state index contributed by atoms with van der Waals surface area (Å²) in [5.74, 6) is 1.20. The SMILES string of the molecule is CC(C)CC(CNC(=O)/C=C/c1ccco1)N1CCOCC1. The summed E-state index contributed by atoms with van der Waals surface area (Å²) in [4.78, 5) is 14.3. The molecular weight excluding hydrogens is 280 g/mol. The average Bonchev–Trinajstić information content (AvgIpc) is 3.03. The number of ether oxygens (including phenoxy) is 1. The number of furan rings is 1. The van der Waals surface area contributed by atoms with Gasteiger partial charge in [0.2, 0.25) is 5.91 Å². The van der Waals surface area contributed by atoms with Gasteiger partial charge in [0, 0.05) is 31.8 Å². The quantitative estimate of drug-likeness (QED) is 0.784. The summed E-state index contributed by atoms with van der Waals surface area (Å²) in [5, 5.41) is 3.00. The first-order valence-electron chi connectivity index (χ1n) is 7.96. The molecule has 0 aliphatic carbocycles. The van der Waals surface area contributed by atoms with Crippen LogP contribution in [-0.4, -0.2) is 49.7 Å². The van der Waals surface area contributed by atoms with E-state index >= 15 is 0 Å². The zero-order chi connectivity index (χ0) is 15.8. The number of hydrogen-bond acceptors (Lipinski definition) is 4. The lowest BCUT2D eigenvalue weighted by atomic mass is 10.0. The van der Waals surface area contributed by atoms with Crippen LogP contribution < -0.4 is 5.32 Å². The number of hydrogen-bond donors (Lipinski definition) is 1. The normalized spacial score (nSPS) is 18.0. The predicted molar refractivity (Wildman–Crippen MR) is 86.4 cm³/mol. The van der Waals surface area contributed by atoms with Gasteiger partial charge in [0.15, 0.2) is 0 Å². The van der Waals surface area contributed by atoms with Crippen LogP contribution in [0.2, 0.25) is 0 Å². The highest BCUT2D eigenvalue weighted by Gasteiger charge is 2.22. The van der Waals surface area contributed by atoms with Gasteiger partial charge >= 0.3 is 0 Å². The summed E-state index contributed by atoms with van der Waals surface area (Å²) in [6.07, 6.45) is 5.86. The zero-order valence-electron chi connectivity index (χ0n) is 13.5. The second kappa shape index (κ2) is 8.76. The van der Waals surface area contributed by atoms with E-state index in [1.165, 1.54) is 6.08 Å². The van der Waals surface area contributed by atoms with Crippen molar-refractivity contribution in [2.75, 3.05) is 32.8 Å². The third-order valence-corrected chi connectivity index (χ3v) is 3.76. The van der Waals surface area contributed by atoms with Crippen molar-refractivity contribution in [1.82, 2.24) is 10.2 Å². The summed E-state index contributed by atoms with van der Waals surface area (Å²) in [7, 11) is 0. The molecule has 1 amide bonds. The Bertz CT molecular complexity index is 462. The fraction of sp³-hybridized carbons (Fsp3) is 0.588. The third-order valence-electron chi connectivity index (χ3n) is 3.76. The molecule has 2 heterocycles. The van der Waals surface area contributed by atoms with Crippen LogP contribution in [-0.2, 0) is 9.53 Å². The molecule has 1 N–H and O–H groups in total. The number of rotatable bonds is 7. The van der Waals surface area contributed by atoms with Gasteiger partial charge in [0.25, 0.3) is 0 Å². The molecule has 1 aromatic heterocycles. The van der Waals surface area contributed by atoms with E-state index in [-0.39, 0.29) is 5.91 Å². The van der Waals surface area contributed by atoms with E-state index in [1.807, 2.05) is 6.07 Å². The number of carbonyl (C=O) groups excluding carboxylic acids is 1. The molecule has 2 rings (SSSR count). The first-order chi connectivity index (χ1) is 10.6. The topological polar surface area (TPSA) is 54.7 Å². The second-order valence-electron chi connectivity index (χ2n) is 6.03. The third kappa shape index (κ3) is 5.66. The molecule has 5 heteroatoms. The van der Waals surface area contributed by atoms with Gasteiger partial charge in [-0.2, -0.15) is 0 Å². The predicted octanol–water partition coefficient (Wildman–Crippen LogP) is 2.16. The Hall–Kier alpha value is -1.59. The van der Waals surface area contributed by atoms with Crippen LogP contribution in [0.4, 0.5) is 0 Å². The lowest BCUT2D eigenvalue weighted by molar-refractivity contribution is -0.116. The van der Waals surface area contributed by atoms with Crippen LogP contribution in [0, 0.1) is 5.92 Å². The Labute approximate surface area is 132 Å². The van der Waals surface area contributed by atoms with Gasteiger partial charge in [-0.3, -0.25) is 9.69 Å². The van der Waals surface area contributed by atoms with E-state index in [0.717, 1.165) is 32.7 Å². The van der Waals surface area contributed by atoms with Crippen LogP contribution in [0.5, 0.6) is 0 Å². The standard InChI is InChI=1S/C17H26N2O3/c1-14(2)12-15(19-7-10-21-11-8-19)13-18-17(20)6-5-16-4-3-9-22-16/h3-6,9,14-15H,7-8,10-13H2,1-2H3,(H,18,20)/b6-5+. The van der Waals surface area contributed by atoms with Crippen molar-refractivity contribution < 1.29 is 13.9 Å². The molecule has 0 aromatic carbocycles. The Balaban J connectivity index is 1.82. The molecule has 1 atom stereocenters. The van der Waals surface area contributed by atoms with Crippen LogP contribution in [0.15, 0.2) is 28.9 Å². The molecule has 1 aliphatic heterocycles. The molecule has 122 valence electrons. The van der Waals surface area contributed by atoms with Gasteiger partial charge in [-0.1, -0.05) is 13.8 Å². The smallest absolute Gasteiger partial charge is 0.244 e. The van der Waals surface area contributed by atoms with E-state index in [0.29, 0.717) is 24.3 Å². The highest BCUT2D eigenvalue weighted by Crippen LogP contribution is 2.13. The van der Waals surface area contributed by atoms with Gasteiger partial charge in [0.05, 0.1) is 19.5 Å². The van der Waals surface area contributed by atoms with Gasteiger partial charge in [-0.15, -0.1) is 0 Å². The monoisotopic (exact) mass is 306 g/mol. The highest BCUT2D eigenvalue weighted by molar-refractivity contribution is 5.91. The summed E-state index contributed by atoms with van der Waals surface area (Å²) >= 11 is 0. The molecule has 5 nitrogen and oxygen atoms in total. The summed E-state index contributed by atoms with van der Waals surface area (Å²) in [5.41, 5.74) is 0. The number of nitrogens with one attached hydrogen (secondary N) is 1. The minimum atomic E-state index is -0.0848. The molecule has 0 spiro atoms. The Morgan fingerprint density at radius 3 is 2.82 bits per heavy atom. The maximum Gasteiger partial charge on any atom is 0.244 e. The number of morpholine rings is 1. The minimum absolute atomic E-state index is 0.0848. The molecule has 0 saturated carbocycles. The molecule has 1 aliphatic rings. The van der Waals surface area contributed by atoms with Crippen molar-refractivity contribution in [3.63, 3.8) is 0 Å². The van der Waals surface area contributed by atoms with Gasteiger partial charge in [-0.25, -0.2) is 0 Å². The molecule has 22 heavy (non-hydrogen) atoms. The Kier molecular flexibility index (Phi) is 6.68. The summed E-state index contributed by atoms with van der Waals surface area (Å²) < 4.78 is 10.6. The van der Waals surface area contributed by atoms with Crippen molar-refractivity contribution in [3.05, 3.63) is 30.2 Å². The molecule has 1 aromatic rings. The Morgan fingerprint density at radius 1 is 1.41 bits per heavy atom. The highest BCUT2D eigenvalue weighted by atomic mass is 16.5. The van der Waals surface area contributed by atoms with Crippen LogP contribution >= 0.6 is 0 Å². The van der Waals surface area contributed by atoms with E-state index < -0.39 is 0 Å². The van der Waals surface area contributed by atoms with Crippen LogP contribution in [0.1, 0.15) is 26.0 Å². The molecular formula is C17H26N2O3. The molecule has 1 unspecified atom stereocenters. The van der Waals surface area contributed by atoms with Crippen molar-refractivity contribution in [2.45, 2.75) is 26.3 Å². The van der Waals surface area contributed by atoms with E-state index in [1.54, 1.807) is 18.4 Å². The fourth-order valence-corrected chi connectivity index (χ4v) is 2.67. The van der Waals surface area contributed by atoms with Gasteiger partial charge in [0.1, 0.15) is 5.76 Å². The lowest BCUT2D eigenvalue weighted by Crippen LogP contribution is -2.49. The average molecular weight is 306 g/mol. The maximum atomic E-state index is 11.9. The molecule has 1 saturated heterocycles. The van der Waals surface area contributed by atoms with E-state index in [2.05, 4.69) is 24.1 Å². The first kappa shape index (κ1) is 16.8. The molecule has 0 radical (unpaired) electrons. The number of nitrogens with zero attached hydrogens (tertiary/aromatic N) is 1. The summed E-state index contributed by atoms with van der Waals surface area (Å²) in [6.45, 7) is 8.53. The van der Waals surface area contributed by atoms with Crippen molar-refractivity contribution in [2.24, 2.45) is 5.92 Å². The Morgan fingerprint density at radius 2 is 2.18 bits per heavy atom. The minimum Gasteiger partial charge on any atom is -0.465 e. The molecule has 1 fully saturated rings. The zero-order valence-corrected chi connectivity index (χ0v) is 13.5. The van der Waals surface area contributed by atoms with Crippen LogP contribution in [0.25, 0.3) is 6.08 Å². The van der Waals surface area contributed by atoms with E-state index in [4.69, 9.17) is 9.15 Å². The fourth-order valence-electron chi connectivity index (χ4n) is 2.67. The largest absolute Gasteiger partial charge is 0.465 e. The van der Waals surface area contributed by atoms with E-state index in [9.17, 15) is 4.79 Å². The van der Waals surface area contributed by atoms with Crippen LogP contribution in [0.3, 0.4) is 0 Å². The number of amides is 1. The first-order valence-corrected chi connectivity index (χ1v) is 7.96. The number of carbonyl (C=O) groups is 1.